The lowest BCUT2D eigenvalue weighted by Crippen LogP contribution is -2.36. The van der Waals surface area contributed by atoms with Gasteiger partial charge in [-0.05, 0) is 12.8 Å². The molecule has 1 N–H and O–H groups in total. The van der Waals surface area contributed by atoms with E-state index in [4.69, 9.17) is 0 Å². The smallest absolute Gasteiger partial charge is 0.236 e. The van der Waals surface area contributed by atoms with Crippen LogP contribution in [0.2, 0.25) is 0 Å². The standard InChI is InChI=1S/C12H16N4OS/c17-11(15-3-1-2-4-15)8-13-7-10-9-16-5-6-18-12(16)14-10/h5-6,9,13H,1-4,7-8H2. The van der Waals surface area contributed by atoms with Crippen molar-refractivity contribution in [1.82, 2.24) is 19.6 Å². The van der Waals surface area contributed by atoms with Crippen LogP contribution in [0.1, 0.15) is 18.5 Å². The maximum absolute atomic E-state index is 11.8. The maximum atomic E-state index is 11.8. The molecule has 0 saturated carbocycles. The first-order chi connectivity index (χ1) is 8.83. The second-order valence-corrected chi connectivity index (χ2v) is 5.39. The van der Waals surface area contributed by atoms with E-state index in [9.17, 15) is 4.79 Å². The van der Waals surface area contributed by atoms with E-state index in [1.54, 1.807) is 11.3 Å². The molecular formula is C12H16N4OS. The summed E-state index contributed by atoms with van der Waals surface area (Å²) >= 11 is 1.62. The molecule has 0 unspecified atom stereocenters. The van der Waals surface area contributed by atoms with E-state index in [1.165, 1.54) is 0 Å². The Hall–Kier alpha value is -1.40. The summed E-state index contributed by atoms with van der Waals surface area (Å²) in [5.74, 6) is 0.202. The molecule has 1 amide bonds. The molecule has 1 aliphatic heterocycles. The molecule has 0 aliphatic carbocycles. The highest BCUT2D eigenvalue weighted by Gasteiger charge is 2.17. The summed E-state index contributed by atoms with van der Waals surface area (Å²) in [5.41, 5.74) is 0.982. The van der Waals surface area contributed by atoms with Crippen LogP contribution in [0.25, 0.3) is 4.96 Å². The third kappa shape index (κ3) is 2.39. The van der Waals surface area contributed by atoms with Gasteiger partial charge in [-0.25, -0.2) is 4.98 Å². The summed E-state index contributed by atoms with van der Waals surface area (Å²) < 4.78 is 2.00. The molecule has 18 heavy (non-hydrogen) atoms. The molecule has 0 aromatic carbocycles. The molecule has 5 nitrogen and oxygen atoms in total. The first-order valence-corrected chi connectivity index (χ1v) is 7.10. The van der Waals surface area contributed by atoms with E-state index >= 15 is 0 Å². The van der Waals surface area contributed by atoms with Crippen molar-refractivity contribution in [2.24, 2.45) is 0 Å². The van der Waals surface area contributed by atoms with Crippen molar-refractivity contribution < 1.29 is 4.79 Å². The Morgan fingerprint density at radius 1 is 1.44 bits per heavy atom. The molecule has 1 saturated heterocycles. The Kier molecular flexibility index (Phi) is 3.29. The highest BCUT2D eigenvalue weighted by atomic mass is 32.1. The van der Waals surface area contributed by atoms with Crippen LogP contribution in [-0.2, 0) is 11.3 Å². The summed E-state index contributed by atoms with van der Waals surface area (Å²) in [4.78, 5) is 19.2. The fourth-order valence-electron chi connectivity index (χ4n) is 2.24. The zero-order valence-electron chi connectivity index (χ0n) is 10.1. The SMILES string of the molecule is O=C(CNCc1cn2ccsc2n1)N1CCCC1. The average molecular weight is 264 g/mol. The molecule has 2 aromatic heterocycles. The molecule has 6 heteroatoms. The molecule has 1 fully saturated rings. The predicted octanol–water partition coefficient (Wildman–Crippen LogP) is 1.11. The number of carbonyl (C=O) groups excluding carboxylic acids is 1. The summed E-state index contributed by atoms with van der Waals surface area (Å²) in [6.45, 7) is 2.89. The minimum absolute atomic E-state index is 0.202. The van der Waals surface area contributed by atoms with Gasteiger partial charge in [-0.1, -0.05) is 0 Å². The summed E-state index contributed by atoms with van der Waals surface area (Å²) in [7, 11) is 0. The van der Waals surface area contributed by atoms with Gasteiger partial charge in [0.15, 0.2) is 4.96 Å². The van der Waals surface area contributed by atoms with Gasteiger partial charge in [0.2, 0.25) is 5.91 Å². The van der Waals surface area contributed by atoms with Crippen molar-refractivity contribution in [2.75, 3.05) is 19.6 Å². The predicted molar refractivity (Wildman–Crippen MR) is 70.6 cm³/mol. The number of likely N-dealkylation sites (tertiary alicyclic amines) is 1. The fourth-order valence-corrected chi connectivity index (χ4v) is 2.96. The van der Waals surface area contributed by atoms with Gasteiger partial charge in [-0.2, -0.15) is 0 Å². The highest BCUT2D eigenvalue weighted by Crippen LogP contribution is 2.11. The number of fused-ring (bicyclic) bond motifs is 1. The van der Waals surface area contributed by atoms with Crippen LogP contribution in [0.15, 0.2) is 17.8 Å². The van der Waals surface area contributed by atoms with Gasteiger partial charge in [0, 0.05) is 37.4 Å². The first kappa shape index (κ1) is 11.7. The molecular weight excluding hydrogens is 248 g/mol. The molecule has 2 aromatic rings. The monoisotopic (exact) mass is 264 g/mol. The van der Waals surface area contributed by atoms with Crippen LogP contribution in [0.5, 0.6) is 0 Å². The van der Waals surface area contributed by atoms with Crippen LogP contribution in [0, 0.1) is 0 Å². The number of nitrogens with one attached hydrogen (secondary N) is 1. The van der Waals surface area contributed by atoms with E-state index in [-0.39, 0.29) is 5.91 Å². The molecule has 96 valence electrons. The zero-order chi connectivity index (χ0) is 12.4. The normalized spacial score (nSPS) is 15.7. The van der Waals surface area contributed by atoms with Gasteiger partial charge >= 0.3 is 0 Å². The van der Waals surface area contributed by atoms with E-state index in [1.807, 2.05) is 27.1 Å². The van der Waals surface area contributed by atoms with Crippen molar-refractivity contribution in [2.45, 2.75) is 19.4 Å². The quantitative estimate of drug-likeness (QED) is 0.900. The van der Waals surface area contributed by atoms with Gasteiger partial charge in [-0.3, -0.25) is 9.20 Å². The molecule has 3 rings (SSSR count). The molecule has 0 bridgehead atoms. The van der Waals surface area contributed by atoms with E-state index in [2.05, 4.69) is 10.3 Å². The lowest BCUT2D eigenvalue weighted by molar-refractivity contribution is -0.129. The number of rotatable bonds is 4. The maximum Gasteiger partial charge on any atom is 0.236 e. The minimum Gasteiger partial charge on any atom is -0.342 e. The number of hydrogen-bond donors (Lipinski definition) is 1. The van der Waals surface area contributed by atoms with Crippen molar-refractivity contribution in [3.8, 4) is 0 Å². The third-order valence-corrected chi connectivity index (χ3v) is 3.95. The largest absolute Gasteiger partial charge is 0.342 e. The Labute approximate surface area is 109 Å². The van der Waals surface area contributed by atoms with Crippen molar-refractivity contribution in [1.29, 1.82) is 0 Å². The van der Waals surface area contributed by atoms with Crippen molar-refractivity contribution >= 4 is 22.2 Å². The average Bonchev–Trinajstić information content (AvgIpc) is 3.05. The first-order valence-electron chi connectivity index (χ1n) is 6.22. The number of hydrogen-bond acceptors (Lipinski definition) is 4. The molecule has 0 radical (unpaired) electrons. The molecule has 3 heterocycles. The van der Waals surface area contributed by atoms with Gasteiger partial charge < -0.3 is 10.2 Å². The molecule has 1 aliphatic rings. The van der Waals surface area contributed by atoms with Crippen LogP contribution in [-0.4, -0.2) is 39.8 Å². The van der Waals surface area contributed by atoms with Crippen molar-refractivity contribution in [3.63, 3.8) is 0 Å². The lowest BCUT2D eigenvalue weighted by atomic mass is 10.4. The van der Waals surface area contributed by atoms with Crippen LogP contribution < -0.4 is 5.32 Å². The Morgan fingerprint density at radius 2 is 2.28 bits per heavy atom. The number of aromatic nitrogens is 2. The second kappa shape index (κ2) is 5.07. The molecule has 0 atom stereocenters. The Bertz CT molecular complexity index is 513. The minimum atomic E-state index is 0.202. The van der Waals surface area contributed by atoms with E-state index < -0.39 is 0 Å². The van der Waals surface area contributed by atoms with Crippen LogP contribution in [0.4, 0.5) is 0 Å². The second-order valence-electron chi connectivity index (χ2n) is 4.52. The lowest BCUT2D eigenvalue weighted by Gasteiger charge is -2.15. The zero-order valence-corrected chi connectivity index (χ0v) is 10.9. The molecule has 0 spiro atoms. The summed E-state index contributed by atoms with van der Waals surface area (Å²) in [5, 5.41) is 5.18. The third-order valence-electron chi connectivity index (χ3n) is 3.18. The topological polar surface area (TPSA) is 49.6 Å². The van der Waals surface area contributed by atoms with Crippen LogP contribution in [0.3, 0.4) is 0 Å². The van der Waals surface area contributed by atoms with Gasteiger partial charge in [0.1, 0.15) is 0 Å². The summed E-state index contributed by atoms with van der Waals surface area (Å²) in [6, 6.07) is 0. The van der Waals surface area contributed by atoms with Crippen molar-refractivity contribution in [3.05, 3.63) is 23.5 Å². The van der Waals surface area contributed by atoms with E-state index in [0.717, 1.165) is 36.6 Å². The van der Waals surface area contributed by atoms with Crippen LogP contribution >= 0.6 is 11.3 Å². The number of thiazole rings is 1. The summed E-state index contributed by atoms with van der Waals surface area (Å²) in [6.07, 6.45) is 6.27. The number of carbonyl (C=O) groups is 1. The number of imidazole rings is 1. The van der Waals surface area contributed by atoms with Gasteiger partial charge in [0.25, 0.3) is 0 Å². The Morgan fingerprint density at radius 3 is 3.06 bits per heavy atom. The fraction of sp³-hybridized carbons (Fsp3) is 0.500. The number of amides is 1. The Balaban J connectivity index is 1.49. The van der Waals surface area contributed by atoms with Gasteiger partial charge in [0.05, 0.1) is 12.2 Å². The van der Waals surface area contributed by atoms with Gasteiger partial charge in [-0.15, -0.1) is 11.3 Å². The highest BCUT2D eigenvalue weighted by molar-refractivity contribution is 7.15. The number of nitrogens with zero attached hydrogens (tertiary/aromatic N) is 3. The van der Waals surface area contributed by atoms with E-state index in [0.29, 0.717) is 13.1 Å².